The first-order valence-electron chi connectivity index (χ1n) is 6.99. The molecule has 1 heterocycles. The van der Waals surface area contributed by atoms with Crippen molar-refractivity contribution in [2.45, 2.75) is 40.3 Å². The molecule has 2 rings (SSSR count). The van der Waals surface area contributed by atoms with Crippen molar-refractivity contribution in [2.75, 3.05) is 5.32 Å². The van der Waals surface area contributed by atoms with Crippen LogP contribution in [0.2, 0.25) is 0 Å². The summed E-state index contributed by atoms with van der Waals surface area (Å²) in [6.45, 7) is 8.17. The van der Waals surface area contributed by atoms with Gasteiger partial charge in [0.1, 0.15) is 5.69 Å². The van der Waals surface area contributed by atoms with Crippen molar-refractivity contribution in [1.82, 2.24) is 9.78 Å². The van der Waals surface area contributed by atoms with Gasteiger partial charge >= 0.3 is 5.69 Å². The van der Waals surface area contributed by atoms with E-state index in [9.17, 15) is 10.1 Å². The number of rotatable bonds is 5. The molecule has 1 aromatic carbocycles. The Morgan fingerprint density at radius 2 is 1.95 bits per heavy atom. The van der Waals surface area contributed by atoms with Crippen molar-refractivity contribution < 1.29 is 4.92 Å². The van der Waals surface area contributed by atoms with Crippen LogP contribution in [0.15, 0.2) is 24.3 Å². The van der Waals surface area contributed by atoms with Crippen LogP contribution < -0.4 is 5.32 Å². The third-order valence-electron chi connectivity index (χ3n) is 3.51. The topological polar surface area (TPSA) is 73.0 Å². The van der Waals surface area contributed by atoms with Gasteiger partial charge in [0.05, 0.1) is 11.0 Å². The number of hydrogen-bond acceptors (Lipinski definition) is 4. The second-order valence-corrected chi connectivity index (χ2v) is 5.13. The van der Waals surface area contributed by atoms with E-state index >= 15 is 0 Å². The molecule has 0 aliphatic heterocycles. The molecule has 6 nitrogen and oxygen atoms in total. The zero-order valence-electron chi connectivity index (χ0n) is 12.8. The highest BCUT2D eigenvalue weighted by Crippen LogP contribution is 2.31. The Kier molecular flexibility index (Phi) is 4.26. The van der Waals surface area contributed by atoms with Gasteiger partial charge in [-0.1, -0.05) is 29.8 Å². The van der Waals surface area contributed by atoms with Crippen LogP contribution in [0.1, 0.15) is 36.7 Å². The first kappa shape index (κ1) is 15.0. The first-order valence-corrected chi connectivity index (χ1v) is 6.99. The molecule has 0 bridgehead atoms. The van der Waals surface area contributed by atoms with Crippen LogP contribution in [0.5, 0.6) is 0 Å². The molecule has 1 atom stereocenters. The van der Waals surface area contributed by atoms with Gasteiger partial charge in [0, 0.05) is 6.54 Å². The van der Waals surface area contributed by atoms with Gasteiger partial charge in [-0.3, -0.25) is 10.1 Å². The van der Waals surface area contributed by atoms with Crippen molar-refractivity contribution in [1.29, 1.82) is 0 Å². The van der Waals surface area contributed by atoms with Crippen molar-refractivity contribution in [3.63, 3.8) is 0 Å². The van der Waals surface area contributed by atoms with Crippen LogP contribution in [0, 0.1) is 24.0 Å². The maximum Gasteiger partial charge on any atom is 0.333 e. The van der Waals surface area contributed by atoms with Crippen LogP contribution in [0.4, 0.5) is 11.5 Å². The van der Waals surface area contributed by atoms with Gasteiger partial charge in [0.15, 0.2) is 0 Å². The average molecular weight is 288 g/mol. The average Bonchev–Trinajstić information content (AvgIpc) is 2.75. The maximum atomic E-state index is 11.2. The molecule has 1 unspecified atom stereocenters. The van der Waals surface area contributed by atoms with Gasteiger partial charge in [0.2, 0.25) is 5.82 Å². The second-order valence-electron chi connectivity index (χ2n) is 5.13. The van der Waals surface area contributed by atoms with Crippen LogP contribution in [-0.4, -0.2) is 14.7 Å². The molecule has 1 aromatic heterocycles. The Labute approximate surface area is 123 Å². The van der Waals surface area contributed by atoms with Gasteiger partial charge < -0.3 is 5.32 Å². The lowest BCUT2D eigenvalue weighted by atomic mass is 10.1. The van der Waals surface area contributed by atoms with E-state index in [1.165, 1.54) is 5.56 Å². The number of benzene rings is 1. The molecule has 21 heavy (non-hydrogen) atoms. The zero-order chi connectivity index (χ0) is 15.6. The molecule has 0 saturated carbocycles. The third kappa shape index (κ3) is 3.04. The Hall–Kier alpha value is -2.37. The molecule has 0 aliphatic carbocycles. The van der Waals surface area contributed by atoms with Crippen molar-refractivity contribution in [3.8, 4) is 0 Å². The summed E-state index contributed by atoms with van der Waals surface area (Å²) >= 11 is 0. The summed E-state index contributed by atoms with van der Waals surface area (Å²) < 4.78 is 1.64. The van der Waals surface area contributed by atoms with Crippen LogP contribution in [-0.2, 0) is 6.54 Å². The molecule has 1 N–H and O–H groups in total. The Morgan fingerprint density at radius 1 is 1.33 bits per heavy atom. The molecule has 0 radical (unpaired) electrons. The number of anilines is 1. The minimum atomic E-state index is -0.376. The second kappa shape index (κ2) is 5.95. The monoisotopic (exact) mass is 288 g/mol. The summed E-state index contributed by atoms with van der Waals surface area (Å²) in [6, 6.07) is 8.08. The summed E-state index contributed by atoms with van der Waals surface area (Å²) in [4.78, 5) is 10.9. The molecule has 0 fully saturated rings. The highest BCUT2D eigenvalue weighted by molar-refractivity contribution is 5.60. The van der Waals surface area contributed by atoms with E-state index in [1.807, 2.05) is 45.0 Å². The highest BCUT2D eigenvalue weighted by Gasteiger charge is 2.26. The number of nitro groups is 1. The Morgan fingerprint density at radius 3 is 2.48 bits per heavy atom. The summed E-state index contributed by atoms with van der Waals surface area (Å²) in [7, 11) is 0. The largest absolute Gasteiger partial charge is 0.358 e. The minimum Gasteiger partial charge on any atom is -0.358 e. The van der Waals surface area contributed by atoms with E-state index in [1.54, 1.807) is 11.6 Å². The van der Waals surface area contributed by atoms with Crippen LogP contribution >= 0.6 is 0 Å². The lowest BCUT2D eigenvalue weighted by Gasteiger charge is -2.16. The van der Waals surface area contributed by atoms with Gasteiger partial charge in [-0.05, 0) is 33.3 Å². The van der Waals surface area contributed by atoms with Gasteiger partial charge in [0.25, 0.3) is 0 Å². The third-order valence-corrected chi connectivity index (χ3v) is 3.51. The smallest absolute Gasteiger partial charge is 0.333 e. The molecular formula is C15H20N4O2. The van der Waals surface area contributed by atoms with Gasteiger partial charge in [-0.25, -0.2) is 4.68 Å². The van der Waals surface area contributed by atoms with E-state index in [0.717, 1.165) is 5.56 Å². The fraction of sp³-hybridized carbons (Fsp3) is 0.400. The van der Waals surface area contributed by atoms with Crippen molar-refractivity contribution in [3.05, 3.63) is 51.2 Å². The predicted molar refractivity (Wildman–Crippen MR) is 82.5 cm³/mol. The Balaban J connectivity index is 2.34. The number of aryl methyl sites for hydroxylation is 3. The molecule has 112 valence electrons. The number of aromatic nitrogens is 2. The number of hydrogen-bond donors (Lipinski definition) is 1. The predicted octanol–water partition coefficient (Wildman–Crippen LogP) is 3.60. The van der Waals surface area contributed by atoms with Gasteiger partial charge in [-0.2, -0.15) is 5.10 Å². The fourth-order valence-corrected chi connectivity index (χ4v) is 2.31. The summed E-state index contributed by atoms with van der Waals surface area (Å²) in [6.07, 6.45) is 0. The normalized spacial score (nSPS) is 12.2. The molecule has 0 spiro atoms. The van der Waals surface area contributed by atoms with Gasteiger partial charge in [-0.15, -0.1) is 0 Å². The highest BCUT2D eigenvalue weighted by atomic mass is 16.6. The van der Waals surface area contributed by atoms with E-state index < -0.39 is 0 Å². The van der Waals surface area contributed by atoms with Crippen molar-refractivity contribution >= 4 is 11.5 Å². The molecule has 6 heteroatoms. The molecule has 2 aromatic rings. The van der Waals surface area contributed by atoms with E-state index in [-0.39, 0.29) is 16.7 Å². The Bertz CT molecular complexity index is 646. The number of nitrogens with zero attached hydrogens (tertiary/aromatic N) is 3. The molecular weight excluding hydrogens is 268 g/mol. The molecule has 0 aliphatic rings. The molecule has 0 amide bonds. The van der Waals surface area contributed by atoms with Crippen molar-refractivity contribution in [2.24, 2.45) is 0 Å². The zero-order valence-corrected chi connectivity index (χ0v) is 12.8. The maximum absolute atomic E-state index is 11.2. The lowest BCUT2D eigenvalue weighted by molar-refractivity contribution is -0.384. The fourth-order valence-electron chi connectivity index (χ4n) is 2.31. The summed E-state index contributed by atoms with van der Waals surface area (Å²) in [5.41, 5.74) is 2.75. The van der Waals surface area contributed by atoms with E-state index in [4.69, 9.17) is 0 Å². The molecule has 0 saturated heterocycles. The van der Waals surface area contributed by atoms with E-state index in [2.05, 4.69) is 10.4 Å². The summed E-state index contributed by atoms with van der Waals surface area (Å²) in [5, 5.41) is 18.7. The van der Waals surface area contributed by atoms with Crippen LogP contribution in [0.25, 0.3) is 0 Å². The SMILES string of the molecule is CCn1nc(C)c([N+](=O)[O-])c1NC(C)c1ccc(C)cc1. The lowest BCUT2D eigenvalue weighted by Crippen LogP contribution is -2.12. The van der Waals surface area contributed by atoms with E-state index in [0.29, 0.717) is 18.1 Å². The quantitative estimate of drug-likeness (QED) is 0.674. The summed E-state index contributed by atoms with van der Waals surface area (Å²) in [5.74, 6) is 0.466. The minimum absolute atomic E-state index is 0.0364. The first-order chi connectivity index (χ1) is 9.93. The van der Waals surface area contributed by atoms with Crippen LogP contribution in [0.3, 0.4) is 0 Å². The standard InChI is InChI=1S/C15H20N4O2/c1-5-18-15(14(19(20)21)12(4)17-18)16-11(3)13-8-6-10(2)7-9-13/h6-9,11,16H,5H2,1-4H3. The number of nitrogens with one attached hydrogen (secondary N) is 1.